The van der Waals surface area contributed by atoms with E-state index in [1.54, 1.807) is 0 Å². The minimum absolute atomic E-state index is 0.310. The standard InChI is InChI=1S/C7H3ClF2N2O/c8-6-5(13)3(2-11)1-4(12-6)7(9)10/h1,7,13H. The van der Waals surface area contributed by atoms with Crippen molar-refractivity contribution in [1.82, 2.24) is 4.98 Å². The predicted octanol–water partition coefficient (Wildman–Crippen LogP) is 2.25. The van der Waals surface area contributed by atoms with Gasteiger partial charge in [0.05, 0.1) is 5.56 Å². The van der Waals surface area contributed by atoms with Gasteiger partial charge in [-0.3, -0.25) is 0 Å². The third-order valence-corrected chi connectivity index (χ3v) is 1.58. The Labute approximate surface area is 77.2 Å². The van der Waals surface area contributed by atoms with Gasteiger partial charge in [0.1, 0.15) is 11.8 Å². The van der Waals surface area contributed by atoms with Gasteiger partial charge in [-0.25, -0.2) is 13.8 Å². The van der Waals surface area contributed by atoms with Crippen LogP contribution in [0.25, 0.3) is 0 Å². The van der Waals surface area contributed by atoms with Gasteiger partial charge in [-0.05, 0) is 6.07 Å². The molecule has 0 bridgehead atoms. The number of hydrogen-bond acceptors (Lipinski definition) is 3. The summed E-state index contributed by atoms with van der Waals surface area (Å²) in [6.07, 6.45) is -2.81. The molecule has 0 saturated carbocycles. The number of nitrogens with zero attached hydrogens (tertiary/aromatic N) is 2. The molecule has 6 heteroatoms. The van der Waals surface area contributed by atoms with Crippen molar-refractivity contribution < 1.29 is 13.9 Å². The van der Waals surface area contributed by atoms with Gasteiger partial charge < -0.3 is 5.11 Å². The molecule has 68 valence electrons. The normalized spacial score (nSPS) is 10.1. The third-order valence-electron chi connectivity index (χ3n) is 1.31. The second-order valence-electron chi connectivity index (χ2n) is 2.15. The number of alkyl halides is 2. The van der Waals surface area contributed by atoms with Crippen molar-refractivity contribution >= 4 is 11.6 Å². The van der Waals surface area contributed by atoms with Crippen LogP contribution in [0.3, 0.4) is 0 Å². The fourth-order valence-corrected chi connectivity index (χ4v) is 0.922. The predicted molar refractivity (Wildman–Crippen MR) is 40.6 cm³/mol. The molecule has 0 radical (unpaired) electrons. The number of pyridine rings is 1. The Morgan fingerprint density at radius 2 is 2.23 bits per heavy atom. The van der Waals surface area contributed by atoms with Crippen LogP contribution in [0.5, 0.6) is 5.75 Å². The van der Waals surface area contributed by atoms with E-state index in [4.69, 9.17) is 22.0 Å². The molecule has 0 saturated heterocycles. The zero-order valence-corrected chi connectivity index (χ0v) is 6.89. The van der Waals surface area contributed by atoms with Crippen LogP contribution in [-0.4, -0.2) is 10.1 Å². The van der Waals surface area contributed by atoms with E-state index in [0.717, 1.165) is 6.07 Å². The zero-order valence-electron chi connectivity index (χ0n) is 6.13. The first-order valence-electron chi connectivity index (χ1n) is 3.14. The zero-order chi connectivity index (χ0) is 10.0. The van der Waals surface area contributed by atoms with Crippen LogP contribution < -0.4 is 0 Å². The van der Waals surface area contributed by atoms with Crippen molar-refractivity contribution in [2.24, 2.45) is 0 Å². The number of aromatic nitrogens is 1. The van der Waals surface area contributed by atoms with Crippen molar-refractivity contribution in [2.45, 2.75) is 6.43 Å². The van der Waals surface area contributed by atoms with Gasteiger partial charge in [-0.2, -0.15) is 5.26 Å². The summed E-state index contributed by atoms with van der Waals surface area (Å²) in [5.74, 6) is -0.575. The highest BCUT2D eigenvalue weighted by molar-refractivity contribution is 6.31. The van der Waals surface area contributed by atoms with E-state index < -0.39 is 23.0 Å². The molecule has 1 rings (SSSR count). The molecule has 0 amide bonds. The van der Waals surface area contributed by atoms with Gasteiger partial charge in [0, 0.05) is 0 Å². The van der Waals surface area contributed by atoms with Crippen LogP contribution >= 0.6 is 11.6 Å². The maximum absolute atomic E-state index is 12.1. The quantitative estimate of drug-likeness (QED) is 0.714. The number of rotatable bonds is 1. The topological polar surface area (TPSA) is 56.9 Å². The Bertz CT molecular complexity index is 375. The summed E-state index contributed by atoms with van der Waals surface area (Å²) >= 11 is 5.30. The first-order chi connectivity index (χ1) is 6.06. The molecule has 1 aromatic rings. The van der Waals surface area contributed by atoms with Crippen molar-refractivity contribution in [3.05, 3.63) is 22.5 Å². The Hall–Kier alpha value is -1.41. The van der Waals surface area contributed by atoms with E-state index >= 15 is 0 Å². The minimum atomic E-state index is -2.81. The molecule has 0 aliphatic carbocycles. The highest BCUT2D eigenvalue weighted by Gasteiger charge is 2.15. The summed E-state index contributed by atoms with van der Waals surface area (Å²) in [4.78, 5) is 3.20. The second-order valence-corrected chi connectivity index (χ2v) is 2.50. The van der Waals surface area contributed by atoms with E-state index in [1.165, 1.54) is 6.07 Å². The lowest BCUT2D eigenvalue weighted by atomic mass is 10.2. The van der Waals surface area contributed by atoms with Crippen LogP contribution in [0.4, 0.5) is 8.78 Å². The molecule has 1 N–H and O–H groups in total. The molecule has 0 spiro atoms. The van der Waals surface area contributed by atoms with E-state index in [1.807, 2.05) is 0 Å². The number of halogens is 3. The first-order valence-corrected chi connectivity index (χ1v) is 3.51. The van der Waals surface area contributed by atoms with Crippen LogP contribution in [-0.2, 0) is 0 Å². The fraction of sp³-hybridized carbons (Fsp3) is 0.143. The van der Waals surface area contributed by atoms with E-state index in [-0.39, 0.29) is 5.56 Å². The fourth-order valence-electron chi connectivity index (χ4n) is 0.723. The summed E-state index contributed by atoms with van der Waals surface area (Å²) in [7, 11) is 0. The number of aromatic hydroxyl groups is 1. The summed E-state index contributed by atoms with van der Waals surface area (Å²) in [6, 6.07) is 2.32. The number of hydrogen-bond donors (Lipinski definition) is 1. The van der Waals surface area contributed by atoms with Crippen molar-refractivity contribution in [3.8, 4) is 11.8 Å². The smallest absolute Gasteiger partial charge is 0.280 e. The van der Waals surface area contributed by atoms with Crippen molar-refractivity contribution in [2.75, 3.05) is 0 Å². The van der Waals surface area contributed by atoms with Gasteiger partial charge in [-0.1, -0.05) is 11.6 Å². The lowest BCUT2D eigenvalue weighted by Gasteiger charge is -2.02. The van der Waals surface area contributed by atoms with Crippen LogP contribution in [0.1, 0.15) is 17.7 Å². The van der Waals surface area contributed by atoms with E-state index in [9.17, 15) is 8.78 Å². The molecular weight excluding hydrogens is 202 g/mol. The molecule has 0 fully saturated rings. The van der Waals surface area contributed by atoms with Gasteiger partial charge in [0.2, 0.25) is 0 Å². The minimum Gasteiger partial charge on any atom is -0.504 e. The molecule has 1 aromatic heterocycles. The Morgan fingerprint density at radius 1 is 1.62 bits per heavy atom. The highest BCUT2D eigenvalue weighted by atomic mass is 35.5. The van der Waals surface area contributed by atoms with Crippen LogP contribution in [0.15, 0.2) is 6.07 Å². The number of nitriles is 1. The lowest BCUT2D eigenvalue weighted by Crippen LogP contribution is -1.92. The molecule has 0 unspecified atom stereocenters. The monoisotopic (exact) mass is 204 g/mol. The Morgan fingerprint density at radius 3 is 2.69 bits per heavy atom. The summed E-state index contributed by atoms with van der Waals surface area (Å²) in [5.41, 5.74) is -0.936. The Balaban J connectivity index is 3.32. The SMILES string of the molecule is N#Cc1cc(C(F)F)nc(Cl)c1O. The van der Waals surface area contributed by atoms with Gasteiger partial charge in [-0.15, -0.1) is 0 Å². The first kappa shape index (κ1) is 9.68. The molecule has 1 heterocycles. The maximum Gasteiger partial charge on any atom is 0.280 e. The average Bonchev–Trinajstić information content (AvgIpc) is 2.09. The second kappa shape index (κ2) is 3.54. The molecule has 0 aliphatic rings. The lowest BCUT2D eigenvalue weighted by molar-refractivity contribution is 0.146. The van der Waals surface area contributed by atoms with E-state index in [0.29, 0.717) is 0 Å². The van der Waals surface area contributed by atoms with Gasteiger partial charge in [0.25, 0.3) is 6.43 Å². The van der Waals surface area contributed by atoms with E-state index in [2.05, 4.69) is 4.98 Å². The highest BCUT2D eigenvalue weighted by Crippen LogP contribution is 2.28. The van der Waals surface area contributed by atoms with Crippen molar-refractivity contribution in [1.29, 1.82) is 5.26 Å². The Kier molecular flexibility index (Phi) is 2.63. The average molecular weight is 205 g/mol. The molecule has 13 heavy (non-hydrogen) atoms. The van der Waals surface area contributed by atoms with Crippen LogP contribution in [0, 0.1) is 11.3 Å². The molecule has 3 nitrogen and oxygen atoms in total. The van der Waals surface area contributed by atoms with Gasteiger partial charge >= 0.3 is 0 Å². The largest absolute Gasteiger partial charge is 0.504 e. The molecule has 0 aromatic carbocycles. The van der Waals surface area contributed by atoms with Crippen molar-refractivity contribution in [3.63, 3.8) is 0 Å². The maximum atomic E-state index is 12.1. The summed E-state index contributed by atoms with van der Waals surface area (Å²) in [6.45, 7) is 0. The van der Waals surface area contributed by atoms with Crippen LogP contribution in [0.2, 0.25) is 5.15 Å². The third kappa shape index (κ3) is 1.84. The molecular formula is C7H3ClF2N2O. The summed E-state index contributed by atoms with van der Waals surface area (Å²) < 4.78 is 24.2. The van der Waals surface area contributed by atoms with Gasteiger partial charge in [0.15, 0.2) is 10.9 Å². The molecule has 0 atom stereocenters. The summed E-state index contributed by atoms with van der Waals surface area (Å²) in [5, 5.41) is 17.0. The molecule has 0 aliphatic heterocycles.